The van der Waals surface area contributed by atoms with Crippen LogP contribution in [0.5, 0.6) is 0 Å². The molecule has 0 heterocycles. The first-order chi connectivity index (χ1) is 7.50. The number of aliphatic hydroxyl groups excluding tert-OH is 2. The van der Waals surface area contributed by atoms with E-state index in [1.807, 2.05) is 25.1 Å². The van der Waals surface area contributed by atoms with Gasteiger partial charge < -0.3 is 15.5 Å². The lowest BCUT2D eigenvalue weighted by Crippen LogP contribution is -2.48. The van der Waals surface area contributed by atoms with Gasteiger partial charge in [0, 0.05) is 11.0 Å². The van der Waals surface area contributed by atoms with Crippen molar-refractivity contribution in [2.24, 2.45) is 0 Å². The maximum Gasteiger partial charge on any atom is 0.0633 e. The smallest absolute Gasteiger partial charge is 0.0633 e. The summed E-state index contributed by atoms with van der Waals surface area (Å²) in [6, 6.07) is 6.11. The number of hydrogen-bond donors (Lipinski definition) is 3. The predicted molar refractivity (Wildman–Crippen MR) is 68.3 cm³/mol. The zero-order chi connectivity index (χ0) is 12.2. The van der Waals surface area contributed by atoms with E-state index in [1.54, 1.807) is 6.92 Å². The van der Waals surface area contributed by atoms with Crippen LogP contribution in [0.4, 0.5) is 0 Å². The lowest BCUT2D eigenvalue weighted by Gasteiger charge is -2.26. The van der Waals surface area contributed by atoms with Gasteiger partial charge in [-0.1, -0.05) is 28.1 Å². The maximum absolute atomic E-state index is 9.13. The monoisotopic (exact) mass is 287 g/mol. The Bertz CT molecular complexity index is 351. The Hall–Kier alpha value is -0.420. The van der Waals surface area contributed by atoms with Crippen molar-refractivity contribution in [2.45, 2.75) is 25.9 Å². The van der Waals surface area contributed by atoms with Gasteiger partial charge in [-0.2, -0.15) is 0 Å². The molecule has 1 aromatic rings. The lowest BCUT2D eigenvalue weighted by atomic mass is 10.0. The number of aliphatic hydroxyl groups is 2. The van der Waals surface area contributed by atoms with Crippen LogP contribution in [0.25, 0.3) is 0 Å². The van der Waals surface area contributed by atoms with Crippen molar-refractivity contribution in [3.05, 3.63) is 33.8 Å². The standard InChI is InChI=1S/C12H18BrNO2/c1-9-3-4-10(5-11(9)13)6-14-12(2,7-15)8-16/h3-5,14-16H,6-8H2,1-2H3. The summed E-state index contributed by atoms with van der Waals surface area (Å²) in [4.78, 5) is 0. The summed E-state index contributed by atoms with van der Waals surface area (Å²) in [5.41, 5.74) is 1.68. The van der Waals surface area contributed by atoms with Gasteiger partial charge in [-0.3, -0.25) is 0 Å². The van der Waals surface area contributed by atoms with Crippen LogP contribution in [0.15, 0.2) is 22.7 Å². The number of aryl methyl sites for hydroxylation is 1. The Labute approximate surface area is 105 Å². The molecule has 0 spiro atoms. The van der Waals surface area contributed by atoms with E-state index in [0.29, 0.717) is 6.54 Å². The van der Waals surface area contributed by atoms with Gasteiger partial charge in [0.05, 0.1) is 18.8 Å². The molecule has 3 nitrogen and oxygen atoms in total. The maximum atomic E-state index is 9.13. The van der Waals surface area contributed by atoms with E-state index in [1.165, 1.54) is 5.56 Å². The van der Waals surface area contributed by atoms with E-state index < -0.39 is 5.54 Å². The van der Waals surface area contributed by atoms with E-state index in [2.05, 4.69) is 21.2 Å². The zero-order valence-electron chi connectivity index (χ0n) is 9.63. The molecule has 90 valence electrons. The zero-order valence-corrected chi connectivity index (χ0v) is 11.2. The van der Waals surface area contributed by atoms with Gasteiger partial charge in [0.1, 0.15) is 0 Å². The van der Waals surface area contributed by atoms with Gasteiger partial charge in [-0.05, 0) is 31.0 Å². The largest absolute Gasteiger partial charge is 0.394 e. The van der Waals surface area contributed by atoms with Gasteiger partial charge in [-0.25, -0.2) is 0 Å². The van der Waals surface area contributed by atoms with Crippen molar-refractivity contribution in [1.82, 2.24) is 5.32 Å². The highest BCUT2D eigenvalue weighted by molar-refractivity contribution is 9.10. The first-order valence-corrected chi connectivity index (χ1v) is 6.02. The van der Waals surface area contributed by atoms with E-state index in [0.717, 1.165) is 10.0 Å². The minimum absolute atomic E-state index is 0.0868. The van der Waals surface area contributed by atoms with Crippen molar-refractivity contribution < 1.29 is 10.2 Å². The highest BCUT2D eigenvalue weighted by Crippen LogP contribution is 2.17. The SMILES string of the molecule is Cc1ccc(CNC(C)(CO)CO)cc1Br. The Balaban J connectivity index is 2.64. The third-order valence-electron chi connectivity index (χ3n) is 2.65. The summed E-state index contributed by atoms with van der Waals surface area (Å²) < 4.78 is 1.07. The third kappa shape index (κ3) is 3.56. The molecule has 1 rings (SSSR count). The first-order valence-electron chi connectivity index (χ1n) is 5.22. The Morgan fingerprint density at radius 3 is 2.44 bits per heavy atom. The lowest BCUT2D eigenvalue weighted by molar-refractivity contribution is 0.103. The minimum Gasteiger partial charge on any atom is -0.394 e. The van der Waals surface area contributed by atoms with Crippen LogP contribution in [-0.2, 0) is 6.54 Å². The molecule has 0 bridgehead atoms. The number of hydrogen-bond acceptors (Lipinski definition) is 3. The molecule has 1 aromatic carbocycles. The molecule has 4 heteroatoms. The summed E-state index contributed by atoms with van der Waals surface area (Å²) in [6.45, 7) is 4.27. The van der Waals surface area contributed by atoms with E-state index in [-0.39, 0.29) is 13.2 Å². The van der Waals surface area contributed by atoms with Gasteiger partial charge >= 0.3 is 0 Å². The number of nitrogens with one attached hydrogen (secondary N) is 1. The van der Waals surface area contributed by atoms with E-state index in [9.17, 15) is 0 Å². The topological polar surface area (TPSA) is 52.5 Å². The number of halogens is 1. The Morgan fingerprint density at radius 2 is 1.94 bits per heavy atom. The molecule has 0 radical (unpaired) electrons. The average Bonchev–Trinajstić information content (AvgIpc) is 2.30. The van der Waals surface area contributed by atoms with Crippen molar-refractivity contribution in [2.75, 3.05) is 13.2 Å². The van der Waals surface area contributed by atoms with Crippen molar-refractivity contribution in [3.63, 3.8) is 0 Å². The fourth-order valence-corrected chi connectivity index (χ4v) is 1.65. The molecule has 0 saturated heterocycles. The molecule has 0 atom stereocenters. The second kappa shape index (κ2) is 5.77. The van der Waals surface area contributed by atoms with Crippen LogP contribution in [0.1, 0.15) is 18.1 Å². The average molecular weight is 288 g/mol. The van der Waals surface area contributed by atoms with Gasteiger partial charge in [0.2, 0.25) is 0 Å². The minimum atomic E-state index is -0.628. The molecule has 0 aromatic heterocycles. The van der Waals surface area contributed by atoms with Crippen LogP contribution in [0.3, 0.4) is 0 Å². The fourth-order valence-electron chi connectivity index (χ4n) is 1.22. The second-order valence-corrected chi connectivity index (χ2v) is 5.17. The molecule has 0 aliphatic heterocycles. The summed E-state index contributed by atoms with van der Waals surface area (Å²) in [6.07, 6.45) is 0. The van der Waals surface area contributed by atoms with Gasteiger partial charge in [0.15, 0.2) is 0 Å². The second-order valence-electron chi connectivity index (χ2n) is 4.31. The summed E-state index contributed by atoms with van der Waals surface area (Å²) >= 11 is 3.47. The summed E-state index contributed by atoms with van der Waals surface area (Å²) in [7, 11) is 0. The normalized spacial score (nSPS) is 11.8. The van der Waals surface area contributed by atoms with E-state index in [4.69, 9.17) is 10.2 Å². The molecular formula is C12H18BrNO2. The molecule has 0 saturated carbocycles. The van der Waals surface area contributed by atoms with Gasteiger partial charge in [-0.15, -0.1) is 0 Å². The van der Waals surface area contributed by atoms with Crippen LogP contribution in [0.2, 0.25) is 0 Å². The van der Waals surface area contributed by atoms with Crippen LogP contribution >= 0.6 is 15.9 Å². The highest BCUT2D eigenvalue weighted by atomic mass is 79.9. The molecular weight excluding hydrogens is 270 g/mol. The predicted octanol–water partition coefficient (Wildman–Crippen LogP) is 1.59. The van der Waals surface area contributed by atoms with Crippen molar-refractivity contribution >= 4 is 15.9 Å². The van der Waals surface area contributed by atoms with E-state index >= 15 is 0 Å². The molecule has 3 N–H and O–H groups in total. The highest BCUT2D eigenvalue weighted by Gasteiger charge is 2.20. The number of rotatable bonds is 5. The van der Waals surface area contributed by atoms with Crippen LogP contribution in [0, 0.1) is 6.92 Å². The number of benzene rings is 1. The van der Waals surface area contributed by atoms with Crippen molar-refractivity contribution in [1.29, 1.82) is 0 Å². The molecule has 0 aliphatic carbocycles. The fraction of sp³-hybridized carbons (Fsp3) is 0.500. The summed E-state index contributed by atoms with van der Waals surface area (Å²) in [5, 5.41) is 21.4. The van der Waals surface area contributed by atoms with Crippen molar-refractivity contribution in [3.8, 4) is 0 Å². The Kier molecular flexibility index (Phi) is 4.92. The summed E-state index contributed by atoms with van der Waals surface area (Å²) in [5.74, 6) is 0. The van der Waals surface area contributed by atoms with Crippen LogP contribution < -0.4 is 5.32 Å². The first kappa shape index (κ1) is 13.6. The molecule has 16 heavy (non-hydrogen) atoms. The molecule has 0 amide bonds. The third-order valence-corrected chi connectivity index (χ3v) is 3.51. The van der Waals surface area contributed by atoms with Gasteiger partial charge in [0.25, 0.3) is 0 Å². The quantitative estimate of drug-likeness (QED) is 0.771. The Morgan fingerprint density at radius 1 is 1.31 bits per heavy atom. The van der Waals surface area contributed by atoms with Crippen LogP contribution in [-0.4, -0.2) is 29.0 Å². The molecule has 0 unspecified atom stereocenters. The molecule has 0 fully saturated rings. The molecule has 0 aliphatic rings.